The van der Waals surface area contributed by atoms with E-state index >= 15 is 0 Å². The van der Waals surface area contributed by atoms with Crippen LogP contribution in [0.3, 0.4) is 0 Å². The van der Waals surface area contributed by atoms with Crippen molar-refractivity contribution >= 4 is 18.3 Å². The summed E-state index contributed by atoms with van der Waals surface area (Å²) in [4.78, 5) is 18.3. The Kier molecular flexibility index (Phi) is 5.16. The maximum Gasteiger partial charge on any atom is 0.271 e. The van der Waals surface area contributed by atoms with Gasteiger partial charge in [-0.15, -0.1) is 12.4 Å². The van der Waals surface area contributed by atoms with Crippen LogP contribution in [0.4, 0.5) is 0 Å². The Morgan fingerprint density at radius 1 is 1.61 bits per heavy atom. The fourth-order valence-electron chi connectivity index (χ4n) is 2.19. The molecule has 0 saturated heterocycles. The zero-order valence-corrected chi connectivity index (χ0v) is 12.0. The molecule has 0 bridgehead atoms. The second kappa shape index (κ2) is 6.20. The van der Waals surface area contributed by atoms with E-state index in [1.807, 2.05) is 11.6 Å². The van der Waals surface area contributed by atoms with E-state index in [1.165, 1.54) is 0 Å². The Labute approximate surface area is 114 Å². The zero-order chi connectivity index (χ0) is 12.4. The molecule has 2 heterocycles. The number of halogens is 1. The van der Waals surface area contributed by atoms with Crippen molar-refractivity contribution in [3.05, 3.63) is 17.7 Å². The number of hydrogen-bond acceptors (Lipinski definition) is 3. The molecule has 0 unspecified atom stereocenters. The molecular weight excluding hydrogens is 252 g/mol. The molecule has 0 aliphatic carbocycles. The van der Waals surface area contributed by atoms with Crippen LogP contribution in [0.5, 0.6) is 0 Å². The molecule has 1 aromatic rings. The molecule has 0 fully saturated rings. The highest BCUT2D eigenvalue weighted by Crippen LogP contribution is 2.11. The third kappa shape index (κ3) is 3.03. The molecule has 5 nitrogen and oxygen atoms in total. The molecule has 1 amide bonds. The molecule has 102 valence electrons. The lowest BCUT2D eigenvalue weighted by molar-refractivity contribution is 0.0767. The topological polar surface area (TPSA) is 50.2 Å². The van der Waals surface area contributed by atoms with Gasteiger partial charge in [0.05, 0.1) is 12.7 Å². The second-order valence-electron chi connectivity index (χ2n) is 4.97. The summed E-state index contributed by atoms with van der Waals surface area (Å²) in [5, 5.41) is 3.25. The van der Waals surface area contributed by atoms with Crippen LogP contribution >= 0.6 is 12.4 Å². The summed E-state index contributed by atoms with van der Waals surface area (Å²) in [5.74, 6) is 1.51. The SMILES string of the molecule is CC(C)CN(C)C(=O)c1cnc2n1CCNC2.Cl. The van der Waals surface area contributed by atoms with Gasteiger partial charge in [0.2, 0.25) is 0 Å². The monoisotopic (exact) mass is 272 g/mol. The van der Waals surface area contributed by atoms with Gasteiger partial charge in [-0.25, -0.2) is 4.98 Å². The average molecular weight is 273 g/mol. The molecule has 2 rings (SSSR count). The molecule has 6 heteroatoms. The minimum absolute atomic E-state index is 0. The number of hydrogen-bond donors (Lipinski definition) is 1. The van der Waals surface area contributed by atoms with Gasteiger partial charge in [-0.3, -0.25) is 4.79 Å². The quantitative estimate of drug-likeness (QED) is 0.898. The van der Waals surface area contributed by atoms with Crippen molar-refractivity contribution in [1.82, 2.24) is 19.8 Å². The number of nitrogens with zero attached hydrogens (tertiary/aromatic N) is 3. The van der Waals surface area contributed by atoms with Gasteiger partial charge in [-0.1, -0.05) is 13.8 Å². The van der Waals surface area contributed by atoms with Gasteiger partial charge in [0.15, 0.2) is 0 Å². The lowest BCUT2D eigenvalue weighted by Gasteiger charge is -2.22. The van der Waals surface area contributed by atoms with E-state index in [-0.39, 0.29) is 18.3 Å². The van der Waals surface area contributed by atoms with E-state index in [9.17, 15) is 4.79 Å². The van der Waals surface area contributed by atoms with Crippen molar-refractivity contribution in [2.75, 3.05) is 20.1 Å². The number of imidazole rings is 1. The Morgan fingerprint density at radius 2 is 2.33 bits per heavy atom. The van der Waals surface area contributed by atoms with Gasteiger partial charge in [0, 0.05) is 26.7 Å². The average Bonchev–Trinajstić information content (AvgIpc) is 2.70. The Balaban J connectivity index is 0.00000162. The van der Waals surface area contributed by atoms with Crippen molar-refractivity contribution in [2.24, 2.45) is 5.92 Å². The van der Waals surface area contributed by atoms with E-state index in [0.29, 0.717) is 11.6 Å². The van der Waals surface area contributed by atoms with Crippen LogP contribution < -0.4 is 5.32 Å². The Morgan fingerprint density at radius 3 is 3.00 bits per heavy atom. The third-order valence-electron chi connectivity index (χ3n) is 2.94. The number of aromatic nitrogens is 2. The Bertz CT molecular complexity index is 416. The standard InChI is InChI=1S/C12H20N4O.ClH/c1-9(2)8-15(3)12(17)10-6-14-11-7-13-4-5-16(10)11;/h6,9,13H,4-5,7-8H2,1-3H3;1H. The normalized spacial score (nSPS) is 14.0. The van der Waals surface area contributed by atoms with Crippen LogP contribution in [0, 0.1) is 5.92 Å². The number of fused-ring (bicyclic) bond motifs is 1. The van der Waals surface area contributed by atoms with Gasteiger partial charge < -0.3 is 14.8 Å². The molecule has 0 atom stereocenters. The third-order valence-corrected chi connectivity index (χ3v) is 2.94. The maximum absolute atomic E-state index is 12.3. The summed E-state index contributed by atoms with van der Waals surface area (Å²) in [6.45, 7) is 7.47. The first-order valence-electron chi connectivity index (χ1n) is 6.10. The lowest BCUT2D eigenvalue weighted by Crippen LogP contribution is -2.35. The molecule has 0 spiro atoms. The van der Waals surface area contributed by atoms with Crippen molar-refractivity contribution < 1.29 is 4.79 Å². The number of carbonyl (C=O) groups is 1. The maximum atomic E-state index is 12.3. The largest absolute Gasteiger partial charge is 0.340 e. The van der Waals surface area contributed by atoms with Gasteiger partial charge in [-0.2, -0.15) is 0 Å². The van der Waals surface area contributed by atoms with E-state index in [0.717, 1.165) is 32.0 Å². The fraction of sp³-hybridized carbons (Fsp3) is 0.667. The highest BCUT2D eigenvalue weighted by Gasteiger charge is 2.21. The van der Waals surface area contributed by atoms with Crippen LogP contribution in [0.2, 0.25) is 0 Å². The molecule has 1 aliphatic rings. The highest BCUT2D eigenvalue weighted by atomic mass is 35.5. The molecule has 18 heavy (non-hydrogen) atoms. The molecule has 0 aromatic carbocycles. The zero-order valence-electron chi connectivity index (χ0n) is 11.1. The summed E-state index contributed by atoms with van der Waals surface area (Å²) in [7, 11) is 1.85. The predicted molar refractivity (Wildman–Crippen MR) is 73.0 cm³/mol. The summed E-state index contributed by atoms with van der Waals surface area (Å²) in [5.41, 5.74) is 0.713. The summed E-state index contributed by atoms with van der Waals surface area (Å²) in [6.07, 6.45) is 1.70. The van der Waals surface area contributed by atoms with Crippen molar-refractivity contribution in [2.45, 2.75) is 26.9 Å². The van der Waals surface area contributed by atoms with Crippen molar-refractivity contribution in [3.8, 4) is 0 Å². The van der Waals surface area contributed by atoms with Crippen LogP contribution in [-0.4, -0.2) is 40.5 Å². The predicted octanol–water partition coefficient (Wildman–Crippen LogP) is 1.14. The minimum atomic E-state index is 0. The van der Waals surface area contributed by atoms with E-state index in [1.54, 1.807) is 11.1 Å². The Hall–Kier alpha value is -1.07. The van der Waals surface area contributed by atoms with Gasteiger partial charge in [-0.05, 0) is 5.92 Å². The highest BCUT2D eigenvalue weighted by molar-refractivity contribution is 5.92. The molecule has 0 radical (unpaired) electrons. The van der Waals surface area contributed by atoms with Gasteiger partial charge in [0.1, 0.15) is 11.5 Å². The van der Waals surface area contributed by atoms with Crippen molar-refractivity contribution in [1.29, 1.82) is 0 Å². The van der Waals surface area contributed by atoms with Crippen molar-refractivity contribution in [3.63, 3.8) is 0 Å². The fourth-order valence-corrected chi connectivity index (χ4v) is 2.19. The van der Waals surface area contributed by atoms with Gasteiger partial charge >= 0.3 is 0 Å². The van der Waals surface area contributed by atoms with E-state index < -0.39 is 0 Å². The van der Waals surface area contributed by atoms with Crippen LogP contribution in [-0.2, 0) is 13.1 Å². The smallest absolute Gasteiger partial charge is 0.271 e. The van der Waals surface area contributed by atoms with Crippen LogP contribution in [0.15, 0.2) is 6.20 Å². The first-order chi connectivity index (χ1) is 8.09. The number of carbonyl (C=O) groups excluding carboxylic acids is 1. The number of nitrogens with one attached hydrogen (secondary N) is 1. The first kappa shape index (κ1) is 15.0. The molecule has 0 saturated carbocycles. The van der Waals surface area contributed by atoms with E-state index in [4.69, 9.17) is 0 Å². The number of rotatable bonds is 3. The number of amides is 1. The van der Waals surface area contributed by atoms with Crippen LogP contribution in [0.25, 0.3) is 0 Å². The molecular formula is C12H21ClN4O. The van der Waals surface area contributed by atoms with E-state index in [2.05, 4.69) is 24.1 Å². The summed E-state index contributed by atoms with van der Waals surface area (Å²) >= 11 is 0. The van der Waals surface area contributed by atoms with Gasteiger partial charge in [0.25, 0.3) is 5.91 Å². The molecule has 1 aromatic heterocycles. The minimum Gasteiger partial charge on any atom is -0.340 e. The summed E-state index contributed by atoms with van der Waals surface area (Å²) in [6, 6.07) is 0. The first-order valence-corrected chi connectivity index (χ1v) is 6.10. The molecule has 1 aliphatic heterocycles. The summed E-state index contributed by atoms with van der Waals surface area (Å²) < 4.78 is 2.02. The lowest BCUT2D eigenvalue weighted by atomic mass is 10.2. The van der Waals surface area contributed by atoms with Crippen LogP contribution in [0.1, 0.15) is 30.2 Å². The molecule has 1 N–H and O–H groups in total. The second-order valence-corrected chi connectivity index (χ2v) is 4.97.